The van der Waals surface area contributed by atoms with Crippen molar-refractivity contribution < 1.29 is 4.79 Å². The van der Waals surface area contributed by atoms with Crippen LogP contribution in [0.4, 0.5) is 16.3 Å². The molecule has 1 saturated heterocycles. The Morgan fingerprint density at radius 1 is 1.21 bits per heavy atom. The van der Waals surface area contributed by atoms with E-state index in [1.807, 2.05) is 32.1 Å². The lowest BCUT2D eigenvalue weighted by atomic mass is 9.88. The standard InChI is InChI=1S/C27H34N6O/c1-5-9-23(12-19(2)3)30-25-16-29-26(14-21(25)15-28)32-27(34)31-24-13-22(17-33(4)18-24)20-10-7-6-8-11-20/h5-12,14-16,22,24,28,30H,1,13,17-18H2,2-4H3,(H2,29,31,32,34)/b23-9+,28-15?. The van der Waals surface area contributed by atoms with Crippen LogP contribution in [-0.4, -0.2) is 48.3 Å². The van der Waals surface area contributed by atoms with Crippen LogP contribution in [0.2, 0.25) is 0 Å². The first-order valence-electron chi connectivity index (χ1n) is 11.4. The van der Waals surface area contributed by atoms with Crippen LogP contribution in [-0.2, 0) is 0 Å². The fraction of sp³-hybridized carbons (Fsp3) is 0.296. The number of urea groups is 1. The number of pyridine rings is 1. The molecule has 34 heavy (non-hydrogen) atoms. The van der Waals surface area contributed by atoms with Gasteiger partial charge in [-0.05, 0) is 57.0 Å². The van der Waals surface area contributed by atoms with Gasteiger partial charge in [-0.1, -0.05) is 48.6 Å². The minimum atomic E-state index is -0.298. The van der Waals surface area contributed by atoms with Crippen LogP contribution in [0.1, 0.15) is 37.3 Å². The average Bonchev–Trinajstić information content (AvgIpc) is 2.80. The number of likely N-dealkylation sites (N-methyl/N-ethyl adjacent to an activating group) is 1. The normalized spacial score (nSPS) is 18.5. The molecule has 1 aliphatic heterocycles. The molecule has 7 heteroatoms. The first-order valence-corrected chi connectivity index (χ1v) is 11.4. The van der Waals surface area contributed by atoms with Gasteiger partial charge in [0.25, 0.3) is 0 Å². The second-order valence-electron chi connectivity index (χ2n) is 8.87. The molecule has 0 bridgehead atoms. The lowest BCUT2D eigenvalue weighted by Crippen LogP contribution is -2.49. The van der Waals surface area contributed by atoms with E-state index in [9.17, 15) is 4.79 Å². The molecule has 7 nitrogen and oxygen atoms in total. The van der Waals surface area contributed by atoms with E-state index in [1.165, 1.54) is 11.8 Å². The number of aromatic nitrogens is 1. The molecule has 2 unspecified atom stereocenters. The van der Waals surface area contributed by atoms with Crippen molar-refractivity contribution >= 4 is 23.8 Å². The van der Waals surface area contributed by atoms with Crippen LogP contribution in [0.5, 0.6) is 0 Å². The Bertz CT molecular complexity index is 1070. The molecule has 2 aromatic rings. The summed E-state index contributed by atoms with van der Waals surface area (Å²) in [6, 6.07) is 11.8. The third-order valence-corrected chi connectivity index (χ3v) is 5.59. The van der Waals surface area contributed by atoms with Crippen LogP contribution >= 0.6 is 0 Å². The third-order valence-electron chi connectivity index (χ3n) is 5.59. The summed E-state index contributed by atoms with van der Waals surface area (Å²) in [5.41, 5.74) is 4.55. The minimum Gasteiger partial charge on any atom is -0.354 e. The van der Waals surface area contributed by atoms with Gasteiger partial charge in [0.1, 0.15) is 5.82 Å². The highest BCUT2D eigenvalue weighted by Crippen LogP contribution is 2.26. The minimum absolute atomic E-state index is 0.0303. The second kappa shape index (κ2) is 12.0. The molecule has 2 heterocycles. The maximum Gasteiger partial charge on any atom is 0.320 e. The van der Waals surface area contributed by atoms with Gasteiger partial charge in [0.05, 0.1) is 11.9 Å². The van der Waals surface area contributed by atoms with E-state index in [-0.39, 0.29) is 12.1 Å². The maximum absolute atomic E-state index is 12.7. The predicted octanol–water partition coefficient (Wildman–Crippen LogP) is 5.14. The summed E-state index contributed by atoms with van der Waals surface area (Å²) in [6.07, 6.45) is 9.27. The number of nitrogens with zero attached hydrogens (tertiary/aromatic N) is 2. The largest absolute Gasteiger partial charge is 0.354 e. The Balaban J connectivity index is 1.65. The molecule has 0 spiro atoms. The van der Waals surface area contributed by atoms with E-state index < -0.39 is 0 Å². The van der Waals surface area contributed by atoms with Gasteiger partial charge < -0.3 is 20.9 Å². The van der Waals surface area contributed by atoms with Gasteiger partial charge in [-0.3, -0.25) is 5.32 Å². The molecule has 3 rings (SSSR count). The van der Waals surface area contributed by atoms with Crippen LogP contribution in [0.15, 0.2) is 78.7 Å². The molecular formula is C27H34N6O. The Hall–Kier alpha value is -3.71. The molecule has 1 aromatic carbocycles. The number of hydrogen-bond donors (Lipinski definition) is 4. The van der Waals surface area contributed by atoms with E-state index in [0.717, 1.165) is 30.8 Å². The summed E-state index contributed by atoms with van der Waals surface area (Å²) in [7, 11) is 2.08. The van der Waals surface area contributed by atoms with Crippen molar-refractivity contribution in [2.24, 2.45) is 0 Å². The number of nitrogens with one attached hydrogen (secondary N) is 4. The molecule has 0 radical (unpaired) electrons. The summed E-state index contributed by atoms with van der Waals surface area (Å²) in [5, 5.41) is 17.0. The summed E-state index contributed by atoms with van der Waals surface area (Å²) in [4.78, 5) is 19.3. The van der Waals surface area contributed by atoms with Crippen molar-refractivity contribution in [3.63, 3.8) is 0 Å². The molecule has 0 saturated carbocycles. The zero-order valence-electron chi connectivity index (χ0n) is 20.1. The molecule has 4 N–H and O–H groups in total. The van der Waals surface area contributed by atoms with Crippen molar-refractivity contribution in [2.75, 3.05) is 30.8 Å². The number of amides is 2. The number of hydrogen-bond acceptors (Lipinski definition) is 5. The number of carbonyl (C=O) groups excluding carboxylic acids is 1. The van der Waals surface area contributed by atoms with Crippen molar-refractivity contribution in [2.45, 2.75) is 32.2 Å². The first-order chi connectivity index (χ1) is 16.4. The summed E-state index contributed by atoms with van der Waals surface area (Å²) in [5.74, 6) is 0.763. The van der Waals surface area contributed by atoms with Gasteiger partial charge in [-0.25, -0.2) is 9.78 Å². The van der Waals surface area contributed by atoms with Gasteiger partial charge in [0, 0.05) is 36.6 Å². The van der Waals surface area contributed by atoms with Gasteiger partial charge in [-0.2, -0.15) is 0 Å². The van der Waals surface area contributed by atoms with Gasteiger partial charge in [0.15, 0.2) is 0 Å². The molecule has 0 aliphatic carbocycles. The van der Waals surface area contributed by atoms with E-state index in [2.05, 4.69) is 63.7 Å². The van der Waals surface area contributed by atoms with Crippen LogP contribution in [0.3, 0.4) is 0 Å². The topological polar surface area (TPSA) is 93.1 Å². The number of likely N-dealkylation sites (tertiary alicyclic amines) is 1. The number of benzene rings is 1. The predicted molar refractivity (Wildman–Crippen MR) is 141 cm³/mol. The molecule has 2 atom stereocenters. The molecule has 1 fully saturated rings. The van der Waals surface area contributed by atoms with Crippen LogP contribution in [0.25, 0.3) is 0 Å². The van der Waals surface area contributed by atoms with Crippen molar-refractivity contribution in [1.29, 1.82) is 5.41 Å². The SMILES string of the molecule is C=C/C=C(\C=C(C)C)Nc1cnc(NC(=O)NC2CC(c3ccccc3)CN(C)C2)cc1C=N. The molecule has 1 aliphatic rings. The smallest absolute Gasteiger partial charge is 0.320 e. The van der Waals surface area contributed by atoms with E-state index in [1.54, 1.807) is 18.3 Å². The zero-order valence-corrected chi connectivity index (χ0v) is 20.1. The number of piperidine rings is 1. The van der Waals surface area contributed by atoms with Crippen molar-refractivity contribution in [3.05, 3.63) is 89.8 Å². The van der Waals surface area contributed by atoms with Gasteiger partial charge in [0.2, 0.25) is 0 Å². The van der Waals surface area contributed by atoms with E-state index in [4.69, 9.17) is 5.41 Å². The van der Waals surface area contributed by atoms with E-state index >= 15 is 0 Å². The van der Waals surface area contributed by atoms with Crippen LogP contribution in [0, 0.1) is 5.41 Å². The number of carbonyl (C=O) groups is 1. The average molecular weight is 459 g/mol. The van der Waals surface area contributed by atoms with Gasteiger partial charge >= 0.3 is 6.03 Å². The van der Waals surface area contributed by atoms with Gasteiger partial charge in [-0.15, -0.1) is 0 Å². The maximum atomic E-state index is 12.7. The zero-order chi connectivity index (χ0) is 24.5. The van der Waals surface area contributed by atoms with Crippen molar-refractivity contribution in [3.8, 4) is 0 Å². The lowest BCUT2D eigenvalue weighted by molar-refractivity contribution is 0.201. The number of allylic oxidation sites excluding steroid dienone is 4. The third kappa shape index (κ3) is 7.15. The fourth-order valence-corrected chi connectivity index (χ4v) is 4.21. The Kier molecular flexibility index (Phi) is 8.76. The fourth-order valence-electron chi connectivity index (χ4n) is 4.21. The Morgan fingerprint density at radius 3 is 2.65 bits per heavy atom. The molecular weight excluding hydrogens is 424 g/mol. The Morgan fingerprint density at radius 2 is 1.97 bits per heavy atom. The van der Waals surface area contributed by atoms with E-state index in [0.29, 0.717) is 23.0 Å². The second-order valence-corrected chi connectivity index (χ2v) is 8.87. The summed E-state index contributed by atoms with van der Waals surface area (Å²) < 4.78 is 0. The number of rotatable bonds is 8. The first kappa shape index (κ1) is 24.9. The Labute approximate surface area is 202 Å². The highest BCUT2D eigenvalue weighted by Gasteiger charge is 2.27. The highest BCUT2D eigenvalue weighted by molar-refractivity contribution is 5.92. The van der Waals surface area contributed by atoms with Crippen LogP contribution < -0.4 is 16.0 Å². The quantitative estimate of drug-likeness (QED) is 0.326. The molecule has 2 amide bonds. The highest BCUT2D eigenvalue weighted by atomic mass is 16.2. The lowest BCUT2D eigenvalue weighted by Gasteiger charge is -2.36. The summed E-state index contributed by atoms with van der Waals surface area (Å²) >= 11 is 0. The van der Waals surface area contributed by atoms with Crippen molar-refractivity contribution in [1.82, 2.24) is 15.2 Å². The summed E-state index contributed by atoms with van der Waals surface area (Å²) in [6.45, 7) is 9.52. The molecule has 1 aromatic heterocycles. The molecule has 178 valence electrons. The monoisotopic (exact) mass is 458 g/mol. The number of anilines is 2.